The second kappa shape index (κ2) is 5.11. The van der Waals surface area contributed by atoms with Gasteiger partial charge in [0.2, 0.25) is 0 Å². The van der Waals surface area contributed by atoms with Crippen LogP contribution in [0.1, 0.15) is 29.8 Å². The van der Waals surface area contributed by atoms with E-state index in [4.69, 9.17) is 4.74 Å². The number of thioether (sulfide) groups is 1. The first-order valence-corrected chi connectivity index (χ1v) is 6.68. The first-order valence-electron chi connectivity index (χ1n) is 5.74. The molecule has 1 heterocycles. The maximum Gasteiger partial charge on any atom is 0.121 e. The van der Waals surface area contributed by atoms with Gasteiger partial charge < -0.3 is 10.1 Å². The molecule has 3 heteroatoms. The maximum atomic E-state index is 5.28. The van der Waals surface area contributed by atoms with Crippen molar-refractivity contribution < 1.29 is 4.74 Å². The Morgan fingerprint density at radius 2 is 2.25 bits per heavy atom. The molecule has 1 aromatic carbocycles. The van der Waals surface area contributed by atoms with E-state index in [0.717, 1.165) is 17.5 Å². The summed E-state index contributed by atoms with van der Waals surface area (Å²) in [5.41, 5.74) is 2.57. The third kappa shape index (κ3) is 2.53. The summed E-state index contributed by atoms with van der Waals surface area (Å²) in [6.45, 7) is 5.51. The second-order valence-corrected chi connectivity index (χ2v) is 5.85. The van der Waals surface area contributed by atoms with Gasteiger partial charge >= 0.3 is 0 Å². The smallest absolute Gasteiger partial charge is 0.121 e. The molecule has 1 fully saturated rings. The topological polar surface area (TPSA) is 21.3 Å². The molecule has 16 heavy (non-hydrogen) atoms. The molecular weight excluding hydrogens is 218 g/mol. The summed E-state index contributed by atoms with van der Waals surface area (Å²) in [4.78, 5) is 0. The molecule has 0 amide bonds. The molecule has 0 aliphatic carbocycles. The van der Waals surface area contributed by atoms with E-state index >= 15 is 0 Å². The lowest BCUT2D eigenvalue weighted by Crippen LogP contribution is -2.28. The monoisotopic (exact) mass is 237 g/mol. The van der Waals surface area contributed by atoms with Crippen LogP contribution in [0.25, 0.3) is 0 Å². The molecule has 1 N–H and O–H groups in total. The van der Waals surface area contributed by atoms with Crippen LogP contribution in [-0.4, -0.2) is 18.9 Å². The van der Waals surface area contributed by atoms with Crippen LogP contribution < -0.4 is 10.1 Å². The highest BCUT2D eigenvalue weighted by molar-refractivity contribution is 8.00. The highest BCUT2D eigenvalue weighted by Gasteiger charge is 2.20. The van der Waals surface area contributed by atoms with Gasteiger partial charge in [-0.25, -0.2) is 0 Å². The largest absolute Gasteiger partial charge is 0.496 e. The molecule has 0 bridgehead atoms. The molecule has 1 saturated heterocycles. The Balaban J connectivity index is 2.17. The first-order chi connectivity index (χ1) is 7.70. The van der Waals surface area contributed by atoms with Crippen LogP contribution in [0.2, 0.25) is 0 Å². The zero-order chi connectivity index (χ0) is 11.5. The van der Waals surface area contributed by atoms with E-state index in [1.165, 1.54) is 17.5 Å². The zero-order valence-corrected chi connectivity index (χ0v) is 10.9. The Bertz CT molecular complexity index is 367. The summed E-state index contributed by atoms with van der Waals surface area (Å²) < 4.78 is 5.28. The van der Waals surface area contributed by atoms with Gasteiger partial charge in [-0.2, -0.15) is 0 Å². The normalized spacial score (nSPS) is 25.4. The van der Waals surface area contributed by atoms with Gasteiger partial charge in [-0.05, 0) is 43.1 Å². The Kier molecular flexibility index (Phi) is 3.77. The number of ether oxygens (including phenoxy) is 1. The quantitative estimate of drug-likeness (QED) is 0.854. The van der Waals surface area contributed by atoms with Gasteiger partial charge in [-0.15, -0.1) is 11.8 Å². The predicted octanol–water partition coefficient (Wildman–Crippen LogP) is 3.12. The number of hydrogen-bond acceptors (Lipinski definition) is 3. The lowest BCUT2D eigenvalue weighted by molar-refractivity contribution is 0.411. The zero-order valence-electron chi connectivity index (χ0n) is 10.1. The fraction of sp³-hybridized carbons (Fsp3) is 0.538. The third-order valence-electron chi connectivity index (χ3n) is 2.97. The average molecular weight is 237 g/mol. The van der Waals surface area contributed by atoms with Crippen LogP contribution in [0.4, 0.5) is 0 Å². The molecule has 2 unspecified atom stereocenters. The van der Waals surface area contributed by atoms with Gasteiger partial charge in [0.05, 0.1) is 12.5 Å². The molecular formula is C13H19NOS. The van der Waals surface area contributed by atoms with E-state index in [0.29, 0.717) is 5.37 Å². The molecule has 1 aromatic rings. The number of aryl methyl sites for hydroxylation is 1. The molecule has 0 aromatic heterocycles. The number of methoxy groups -OCH3 is 1. The lowest BCUT2D eigenvalue weighted by Gasteiger charge is -2.28. The molecule has 1 aliphatic rings. The van der Waals surface area contributed by atoms with Gasteiger partial charge in [0.15, 0.2) is 0 Å². The summed E-state index contributed by atoms with van der Waals surface area (Å²) >= 11 is 2.01. The standard InChI is InChI=1S/C13H19NOS/c1-9-8-11(4-5-12(9)15-3)13-14-7-6-10(2)16-13/h4-5,8,10,13-14H,6-7H2,1-3H3. The van der Waals surface area contributed by atoms with Crippen molar-refractivity contribution in [3.63, 3.8) is 0 Å². The summed E-state index contributed by atoms with van der Waals surface area (Å²) in [5.74, 6) is 0.970. The lowest BCUT2D eigenvalue weighted by atomic mass is 10.1. The van der Waals surface area contributed by atoms with Crippen molar-refractivity contribution in [2.75, 3.05) is 13.7 Å². The van der Waals surface area contributed by atoms with E-state index in [2.05, 4.69) is 37.4 Å². The molecule has 2 rings (SSSR count). The van der Waals surface area contributed by atoms with Gasteiger partial charge in [0.25, 0.3) is 0 Å². The minimum atomic E-state index is 0.438. The van der Waals surface area contributed by atoms with Crippen molar-refractivity contribution >= 4 is 11.8 Å². The van der Waals surface area contributed by atoms with Crippen molar-refractivity contribution in [1.82, 2.24) is 5.32 Å². The number of rotatable bonds is 2. The van der Waals surface area contributed by atoms with Crippen LogP contribution in [0, 0.1) is 6.92 Å². The van der Waals surface area contributed by atoms with Crippen molar-refractivity contribution in [2.24, 2.45) is 0 Å². The minimum absolute atomic E-state index is 0.438. The molecule has 0 spiro atoms. The Morgan fingerprint density at radius 1 is 1.44 bits per heavy atom. The van der Waals surface area contributed by atoms with Crippen LogP contribution in [0.15, 0.2) is 18.2 Å². The molecule has 1 aliphatic heterocycles. The molecule has 2 nitrogen and oxygen atoms in total. The van der Waals surface area contributed by atoms with E-state index < -0.39 is 0 Å². The summed E-state index contributed by atoms with van der Waals surface area (Å²) in [7, 11) is 1.72. The van der Waals surface area contributed by atoms with Crippen molar-refractivity contribution in [3.05, 3.63) is 29.3 Å². The number of nitrogens with one attached hydrogen (secondary N) is 1. The maximum absolute atomic E-state index is 5.28. The second-order valence-electron chi connectivity index (χ2n) is 4.30. The SMILES string of the molecule is COc1ccc(C2NCCC(C)S2)cc1C. The highest BCUT2D eigenvalue weighted by atomic mass is 32.2. The van der Waals surface area contributed by atoms with E-state index in [9.17, 15) is 0 Å². The fourth-order valence-corrected chi connectivity index (χ4v) is 3.26. The van der Waals surface area contributed by atoms with E-state index in [-0.39, 0.29) is 0 Å². The molecule has 0 radical (unpaired) electrons. The van der Waals surface area contributed by atoms with Crippen LogP contribution in [0.5, 0.6) is 5.75 Å². The summed E-state index contributed by atoms with van der Waals surface area (Å²) in [6.07, 6.45) is 1.26. The van der Waals surface area contributed by atoms with Gasteiger partial charge in [-0.1, -0.05) is 13.0 Å². The average Bonchev–Trinajstić information content (AvgIpc) is 2.29. The molecule has 2 atom stereocenters. The molecule has 0 saturated carbocycles. The Hall–Kier alpha value is -0.670. The predicted molar refractivity (Wildman–Crippen MR) is 70.1 cm³/mol. The van der Waals surface area contributed by atoms with E-state index in [1.54, 1.807) is 7.11 Å². The van der Waals surface area contributed by atoms with Crippen molar-refractivity contribution in [1.29, 1.82) is 0 Å². The Labute approximate surface area is 102 Å². The molecule has 88 valence electrons. The highest BCUT2D eigenvalue weighted by Crippen LogP contribution is 2.35. The van der Waals surface area contributed by atoms with Crippen LogP contribution >= 0.6 is 11.8 Å². The van der Waals surface area contributed by atoms with Crippen LogP contribution in [-0.2, 0) is 0 Å². The summed E-state index contributed by atoms with van der Waals surface area (Å²) in [5, 5.41) is 4.74. The first kappa shape index (κ1) is 11.8. The number of benzene rings is 1. The third-order valence-corrected chi connectivity index (χ3v) is 4.38. The number of hydrogen-bond donors (Lipinski definition) is 1. The van der Waals surface area contributed by atoms with Crippen LogP contribution in [0.3, 0.4) is 0 Å². The van der Waals surface area contributed by atoms with Gasteiger partial charge in [-0.3, -0.25) is 0 Å². The van der Waals surface area contributed by atoms with Gasteiger partial charge in [0, 0.05) is 5.25 Å². The van der Waals surface area contributed by atoms with E-state index in [1.807, 2.05) is 11.8 Å². The van der Waals surface area contributed by atoms with Crippen molar-refractivity contribution in [2.45, 2.75) is 30.9 Å². The fourth-order valence-electron chi connectivity index (χ4n) is 2.03. The Morgan fingerprint density at radius 3 is 2.88 bits per heavy atom. The summed E-state index contributed by atoms with van der Waals surface area (Å²) in [6, 6.07) is 6.45. The minimum Gasteiger partial charge on any atom is -0.496 e. The van der Waals surface area contributed by atoms with Gasteiger partial charge in [0.1, 0.15) is 5.75 Å². The van der Waals surface area contributed by atoms with Crippen molar-refractivity contribution in [3.8, 4) is 5.75 Å².